The molecule has 0 N–H and O–H groups in total. The first-order chi connectivity index (χ1) is 7.25. The van der Waals surface area contributed by atoms with E-state index < -0.39 is 0 Å². The van der Waals surface area contributed by atoms with Crippen LogP contribution in [0.3, 0.4) is 0 Å². The third-order valence-electron chi connectivity index (χ3n) is 2.18. The Balaban J connectivity index is 2.25. The number of hydrogen-bond donors (Lipinski definition) is 0. The summed E-state index contributed by atoms with van der Waals surface area (Å²) in [5.74, 6) is 0. The van der Waals surface area contributed by atoms with E-state index >= 15 is 0 Å². The minimum absolute atomic E-state index is 1.05. The summed E-state index contributed by atoms with van der Waals surface area (Å²) >= 11 is 1.71. The van der Waals surface area contributed by atoms with Gasteiger partial charge < -0.3 is 0 Å². The van der Waals surface area contributed by atoms with Crippen LogP contribution in [0.2, 0.25) is 0 Å². The van der Waals surface area contributed by atoms with Crippen molar-refractivity contribution >= 4 is 11.8 Å². The lowest BCUT2D eigenvalue weighted by atomic mass is 10.2. The molecule has 1 aromatic carbocycles. The third-order valence-corrected chi connectivity index (χ3v) is 3.31. The zero-order valence-corrected chi connectivity index (χ0v) is 9.71. The number of rotatable bonds is 2. The lowest BCUT2D eigenvalue weighted by Crippen LogP contribution is -1.83. The molecule has 2 aromatic rings. The molecule has 1 nitrogen and oxygen atoms in total. The Hall–Kier alpha value is -1.28. The molecule has 0 aliphatic rings. The van der Waals surface area contributed by atoms with Crippen molar-refractivity contribution in [2.45, 2.75) is 23.8 Å². The predicted molar refractivity (Wildman–Crippen MR) is 64.3 cm³/mol. The zero-order chi connectivity index (χ0) is 10.7. The molecule has 0 saturated heterocycles. The Morgan fingerprint density at radius 1 is 1.07 bits per heavy atom. The molecule has 0 spiro atoms. The Labute approximate surface area is 94.6 Å². The maximum atomic E-state index is 4.30. The molecule has 0 atom stereocenters. The van der Waals surface area contributed by atoms with Crippen molar-refractivity contribution in [2.24, 2.45) is 0 Å². The van der Waals surface area contributed by atoms with Gasteiger partial charge in [0.05, 0.1) is 0 Å². The van der Waals surface area contributed by atoms with Crippen LogP contribution in [0.1, 0.15) is 11.1 Å². The highest BCUT2D eigenvalue weighted by atomic mass is 32.2. The van der Waals surface area contributed by atoms with E-state index in [0.29, 0.717) is 0 Å². The summed E-state index contributed by atoms with van der Waals surface area (Å²) in [5, 5.41) is 1.05. The smallest absolute Gasteiger partial charge is 0.101 e. The third kappa shape index (κ3) is 2.60. The molecule has 0 fully saturated rings. The van der Waals surface area contributed by atoms with Crippen LogP contribution in [-0.2, 0) is 0 Å². The summed E-state index contributed by atoms with van der Waals surface area (Å²) in [6.07, 6.45) is 1.83. The molecule has 0 bridgehead atoms. The zero-order valence-electron chi connectivity index (χ0n) is 8.90. The molecule has 0 radical (unpaired) electrons. The van der Waals surface area contributed by atoms with Gasteiger partial charge in [0.1, 0.15) is 5.03 Å². The van der Waals surface area contributed by atoms with E-state index in [0.717, 1.165) is 5.03 Å². The second kappa shape index (κ2) is 4.49. The van der Waals surface area contributed by atoms with Gasteiger partial charge in [0.15, 0.2) is 0 Å². The summed E-state index contributed by atoms with van der Waals surface area (Å²) < 4.78 is 0. The highest BCUT2D eigenvalue weighted by Gasteiger charge is 2.01. The van der Waals surface area contributed by atoms with E-state index in [4.69, 9.17) is 0 Å². The van der Waals surface area contributed by atoms with Crippen LogP contribution in [0.25, 0.3) is 0 Å². The van der Waals surface area contributed by atoms with E-state index in [9.17, 15) is 0 Å². The molecular formula is C13H13NS. The Morgan fingerprint density at radius 3 is 2.60 bits per heavy atom. The monoisotopic (exact) mass is 215 g/mol. The summed E-state index contributed by atoms with van der Waals surface area (Å²) in [5.41, 5.74) is 2.61. The van der Waals surface area contributed by atoms with Gasteiger partial charge in [0.25, 0.3) is 0 Å². The minimum atomic E-state index is 1.05. The summed E-state index contributed by atoms with van der Waals surface area (Å²) in [4.78, 5) is 5.58. The highest BCUT2D eigenvalue weighted by Crippen LogP contribution is 2.28. The fourth-order valence-electron chi connectivity index (χ4n) is 1.43. The quantitative estimate of drug-likeness (QED) is 0.754. The lowest BCUT2D eigenvalue weighted by Gasteiger charge is -2.05. The number of aryl methyl sites for hydroxylation is 2. The van der Waals surface area contributed by atoms with E-state index in [-0.39, 0.29) is 0 Å². The molecule has 0 saturated carbocycles. The molecule has 2 rings (SSSR count). The number of hydrogen-bond acceptors (Lipinski definition) is 2. The summed E-state index contributed by atoms with van der Waals surface area (Å²) in [7, 11) is 0. The van der Waals surface area contributed by atoms with Crippen LogP contribution in [0.15, 0.2) is 52.5 Å². The van der Waals surface area contributed by atoms with Gasteiger partial charge in [-0.05, 0) is 37.6 Å². The normalized spacial score (nSPS) is 10.3. The predicted octanol–water partition coefficient (Wildman–Crippen LogP) is 3.85. The summed E-state index contributed by atoms with van der Waals surface area (Å²) in [6, 6.07) is 12.5. The van der Waals surface area contributed by atoms with Crippen LogP contribution >= 0.6 is 11.8 Å². The van der Waals surface area contributed by atoms with Gasteiger partial charge in [-0.1, -0.05) is 35.5 Å². The Kier molecular flexibility index (Phi) is 3.07. The molecule has 15 heavy (non-hydrogen) atoms. The molecule has 1 heterocycles. The van der Waals surface area contributed by atoms with Crippen molar-refractivity contribution in [1.82, 2.24) is 4.98 Å². The van der Waals surface area contributed by atoms with E-state index in [1.807, 2.05) is 24.4 Å². The van der Waals surface area contributed by atoms with Crippen LogP contribution in [-0.4, -0.2) is 4.98 Å². The van der Waals surface area contributed by atoms with Gasteiger partial charge in [0, 0.05) is 11.1 Å². The molecule has 0 unspecified atom stereocenters. The minimum Gasteiger partial charge on any atom is -0.250 e. The van der Waals surface area contributed by atoms with Crippen LogP contribution in [0.5, 0.6) is 0 Å². The number of benzene rings is 1. The average molecular weight is 215 g/mol. The highest BCUT2D eigenvalue weighted by molar-refractivity contribution is 7.99. The maximum absolute atomic E-state index is 4.30. The number of pyridine rings is 1. The average Bonchev–Trinajstić information content (AvgIpc) is 2.24. The lowest BCUT2D eigenvalue weighted by molar-refractivity contribution is 1.13. The maximum Gasteiger partial charge on any atom is 0.101 e. The largest absolute Gasteiger partial charge is 0.250 e. The standard InChI is InChI=1S/C13H13NS/c1-10-6-7-12(11(2)9-10)15-13-5-3-4-8-14-13/h3-9H,1-2H3. The van der Waals surface area contributed by atoms with Crippen molar-refractivity contribution in [3.8, 4) is 0 Å². The SMILES string of the molecule is Cc1ccc(Sc2ccccn2)c(C)c1. The summed E-state index contributed by atoms with van der Waals surface area (Å²) in [6.45, 7) is 4.25. The molecule has 1 aromatic heterocycles. The molecule has 0 aliphatic heterocycles. The van der Waals surface area contributed by atoms with Crippen molar-refractivity contribution in [1.29, 1.82) is 0 Å². The van der Waals surface area contributed by atoms with Crippen molar-refractivity contribution in [3.63, 3.8) is 0 Å². The van der Waals surface area contributed by atoms with E-state index in [2.05, 4.69) is 37.0 Å². The topological polar surface area (TPSA) is 12.9 Å². The number of nitrogens with zero attached hydrogens (tertiary/aromatic N) is 1. The van der Waals surface area contributed by atoms with Crippen molar-refractivity contribution in [2.75, 3.05) is 0 Å². The fraction of sp³-hybridized carbons (Fsp3) is 0.154. The van der Waals surface area contributed by atoms with Gasteiger partial charge in [-0.25, -0.2) is 4.98 Å². The van der Waals surface area contributed by atoms with Crippen LogP contribution in [0.4, 0.5) is 0 Å². The van der Waals surface area contributed by atoms with Gasteiger partial charge in [0.2, 0.25) is 0 Å². The molecular weight excluding hydrogens is 202 g/mol. The van der Waals surface area contributed by atoms with E-state index in [1.54, 1.807) is 11.8 Å². The van der Waals surface area contributed by atoms with Crippen LogP contribution in [0, 0.1) is 13.8 Å². The fourth-order valence-corrected chi connectivity index (χ4v) is 2.28. The van der Waals surface area contributed by atoms with E-state index in [1.165, 1.54) is 16.0 Å². The number of aromatic nitrogens is 1. The first kappa shape index (κ1) is 10.2. The Morgan fingerprint density at radius 2 is 1.93 bits per heavy atom. The molecule has 0 aliphatic carbocycles. The molecule has 0 amide bonds. The first-order valence-electron chi connectivity index (χ1n) is 4.92. The van der Waals surface area contributed by atoms with Gasteiger partial charge in [-0.2, -0.15) is 0 Å². The van der Waals surface area contributed by atoms with Crippen LogP contribution < -0.4 is 0 Å². The second-order valence-corrected chi connectivity index (χ2v) is 4.60. The van der Waals surface area contributed by atoms with Crippen molar-refractivity contribution in [3.05, 3.63) is 53.7 Å². The molecule has 2 heteroatoms. The van der Waals surface area contributed by atoms with Gasteiger partial charge in [-0.15, -0.1) is 0 Å². The van der Waals surface area contributed by atoms with Crippen molar-refractivity contribution < 1.29 is 0 Å². The molecule has 76 valence electrons. The van der Waals surface area contributed by atoms with Gasteiger partial charge in [-0.3, -0.25) is 0 Å². The second-order valence-electron chi connectivity index (χ2n) is 3.54. The van der Waals surface area contributed by atoms with Gasteiger partial charge >= 0.3 is 0 Å². The first-order valence-corrected chi connectivity index (χ1v) is 5.73. The Bertz CT molecular complexity index is 451.